The van der Waals surface area contributed by atoms with E-state index in [2.05, 4.69) is 22.1 Å². The van der Waals surface area contributed by atoms with Crippen LogP contribution in [0.15, 0.2) is 4.99 Å². The molecule has 0 spiro atoms. The molecule has 1 unspecified atom stereocenters. The van der Waals surface area contributed by atoms with Gasteiger partial charge in [-0.1, -0.05) is 6.92 Å². The Labute approximate surface area is 187 Å². The summed E-state index contributed by atoms with van der Waals surface area (Å²) >= 11 is 0. The zero-order chi connectivity index (χ0) is 23.0. The van der Waals surface area contributed by atoms with Crippen molar-refractivity contribution in [1.82, 2.24) is 20.0 Å². The highest BCUT2D eigenvalue weighted by Gasteiger charge is 2.30. The monoisotopic (exact) mass is 439 g/mol. The van der Waals surface area contributed by atoms with Gasteiger partial charge in [-0.3, -0.25) is 9.79 Å². The molecule has 0 aromatic heterocycles. The highest BCUT2D eigenvalue weighted by molar-refractivity contribution is 5.81. The lowest BCUT2D eigenvalue weighted by atomic mass is 9.95. The summed E-state index contributed by atoms with van der Waals surface area (Å²) in [6, 6.07) is 0. The van der Waals surface area contributed by atoms with Crippen LogP contribution < -0.4 is 5.32 Å². The predicted molar refractivity (Wildman–Crippen MR) is 121 cm³/mol. The first-order valence-corrected chi connectivity index (χ1v) is 11.4. The zero-order valence-electron chi connectivity index (χ0n) is 20.1. The fourth-order valence-corrected chi connectivity index (χ4v) is 3.92. The van der Waals surface area contributed by atoms with Gasteiger partial charge in [0.2, 0.25) is 5.91 Å². The summed E-state index contributed by atoms with van der Waals surface area (Å²) in [5.74, 6) is 1.44. The van der Waals surface area contributed by atoms with Crippen LogP contribution in [0.5, 0.6) is 0 Å². The first kappa shape index (κ1) is 25.2. The quantitative estimate of drug-likeness (QED) is 0.518. The molecule has 2 aliphatic heterocycles. The molecule has 9 nitrogen and oxygen atoms in total. The van der Waals surface area contributed by atoms with Gasteiger partial charge in [-0.25, -0.2) is 4.79 Å². The number of aliphatic imine (C=N–C) groups is 1. The van der Waals surface area contributed by atoms with Crippen LogP contribution in [0, 0.1) is 11.8 Å². The Morgan fingerprint density at radius 3 is 2.32 bits per heavy atom. The van der Waals surface area contributed by atoms with Gasteiger partial charge in [0.1, 0.15) is 5.60 Å². The standard InChI is InChI=1S/C22H41N5O4/c1-17(16-25(6)21(29)31-22(2,3)4)15-24-20(23-5)27-9-7-18(8-10-27)19(28)26-11-13-30-14-12-26/h17-18H,7-16H2,1-6H3,(H,23,24). The number of hydrogen-bond acceptors (Lipinski definition) is 5. The van der Waals surface area contributed by atoms with Crippen molar-refractivity contribution >= 4 is 18.0 Å². The average molecular weight is 440 g/mol. The van der Waals surface area contributed by atoms with Crippen molar-refractivity contribution in [1.29, 1.82) is 0 Å². The van der Waals surface area contributed by atoms with Gasteiger partial charge in [0.05, 0.1) is 13.2 Å². The van der Waals surface area contributed by atoms with Crippen molar-refractivity contribution in [2.75, 3.05) is 66.6 Å². The molecule has 0 aliphatic carbocycles. The Balaban J connectivity index is 1.74. The highest BCUT2D eigenvalue weighted by Crippen LogP contribution is 2.20. The van der Waals surface area contributed by atoms with Gasteiger partial charge in [0.25, 0.3) is 0 Å². The van der Waals surface area contributed by atoms with Crippen molar-refractivity contribution < 1.29 is 19.1 Å². The molecule has 2 heterocycles. The fraction of sp³-hybridized carbons (Fsp3) is 0.864. The first-order chi connectivity index (χ1) is 14.6. The summed E-state index contributed by atoms with van der Waals surface area (Å²) in [5, 5.41) is 3.42. The average Bonchev–Trinajstić information content (AvgIpc) is 2.73. The molecule has 0 aromatic carbocycles. The summed E-state index contributed by atoms with van der Waals surface area (Å²) in [7, 11) is 3.54. The number of carbonyl (C=O) groups is 2. The van der Waals surface area contributed by atoms with Gasteiger partial charge in [0.15, 0.2) is 5.96 Å². The number of rotatable bonds is 5. The number of nitrogens with zero attached hydrogens (tertiary/aromatic N) is 4. The van der Waals surface area contributed by atoms with Crippen molar-refractivity contribution in [3.8, 4) is 0 Å². The Bertz CT molecular complexity index is 620. The van der Waals surface area contributed by atoms with Gasteiger partial charge in [-0.2, -0.15) is 0 Å². The second-order valence-corrected chi connectivity index (χ2v) is 9.59. The van der Waals surface area contributed by atoms with E-state index in [0.29, 0.717) is 39.4 Å². The van der Waals surface area contributed by atoms with Crippen molar-refractivity contribution in [3.63, 3.8) is 0 Å². The van der Waals surface area contributed by atoms with E-state index in [1.807, 2.05) is 25.7 Å². The van der Waals surface area contributed by atoms with Crippen molar-refractivity contribution in [2.45, 2.75) is 46.1 Å². The number of morpholine rings is 1. The van der Waals surface area contributed by atoms with E-state index >= 15 is 0 Å². The van der Waals surface area contributed by atoms with Crippen LogP contribution in [0.3, 0.4) is 0 Å². The molecule has 2 fully saturated rings. The topological polar surface area (TPSA) is 86.7 Å². The van der Waals surface area contributed by atoms with Crippen LogP contribution in [-0.4, -0.2) is 105 Å². The van der Waals surface area contributed by atoms with E-state index in [1.54, 1.807) is 19.0 Å². The van der Waals surface area contributed by atoms with Crippen LogP contribution >= 0.6 is 0 Å². The molecule has 0 bridgehead atoms. The number of ether oxygens (including phenoxy) is 2. The minimum atomic E-state index is -0.496. The fourth-order valence-electron chi connectivity index (χ4n) is 3.92. The number of likely N-dealkylation sites (tertiary alicyclic amines) is 1. The summed E-state index contributed by atoms with van der Waals surface area (Å²) in [6.07, 6.45) is 1.37. The number of piperidine rings is 1. The summed E-state index contributed by atoms with van der Waals surface area (Å²) in [5.41, 5.74) is -0.496. The van der Waals surface area contributed by atoms with Crippen LogP contribution in [0.25, 0.3) is 0 Å². The molecular formula is C22H41N5O4. The maximum atomic E-state index is 12.7. The molecule has 31 heavy (non-hydrogen) atoms. The Hall–Kier alpha value is -2.03. The molecule has 0 radical (unpaired) electrons. The van der Waals surface area contributed by atoms with Gasteiger partial charge in [-0.05, 0) is 39.5 Å². The van der Waals surface area contributed by atoms with Gasteiger partial charge in [-0.15, -0.1) is 0 Å². The first-order valence-electron chi connectivity index (χ1n) is 11.4. The summed E-state index contributed by atoms with van der Waals surface area (Å²) < 4.78 is 10.8. The van der Waals surface area contributed by atoms with E-state index in [9.17, 15) is 9.59 Å². The largest absolute Gasteiger partial charge is 0.444 e. The maximum absolute atomic E-state index is 12.7. The summed E-state index contributed by atoms with van der Waals surface area (Å²) in [4.78, 5) is 35.1. The van der Waals surface area contributed by atoms with Crippen molar-refractivity contribution in [2.24, 2.45) is 16.8 Å². The van der Waals surface area contributed by atoms with Crippen LogP contribution in [0.1, 0.15) is 40.5 Å². The smallest absolute Gasteiger partial charge is 0.410 e. The third kappa shape index (κ3) is 8.20. The van der Waals surface area contributed by atoms with Crippen molar-refractivity contribution in [3.05, 3.63) is 0 Å². The molecular weight excluding hydrogens is 398 g/mol. The van der Waals surface area contributed by atoms with Gasteiger partial charge >= 0.3 is 6.09 Å². The van der Waals surface area contributed by atoms with Gasteiger partial charge < -0.3 is 29.5 Å². The maximum Gasteiger partial charge on any atom is 0.410 e. The molecule has 178 valence electrons. The van der Waals surface area contributed by atoms with E-state index in [4.69, 9.17) is 9.47 Å². The lowest BCUT2D eigenvalue weighted by molar-refractivity contribution is -0.140. The van der Waals surface area contributed by atoms with Crippen LogP contribution in [0.2, 0.25) is 0 Å². The lowest BCUT2D eigenvalue weighted by Gasteiger charge is -2.37. The third-order valence-electron chi connectivity index (χ3n) is 5.58. The normalized spacial score (nSPS) is 19.7. The molecule has 1 N–H and O–H groups in total. The highest BCUT2D eigenvalue weighted by atomic mass is 16.6. The van der Waals surface area contributed by atoms with E-state index < -0.39 is 5.60 Å². The van der Waals surface area contributed by atoms with Crippen LogP contribution in [-0.2, 0) is 14.3 Å². The molecule has 2 saturated heterocycles. The molecule has 2 amide bonds. The number of amides is 2. The molecule has 2 rings (SSSR count). The lowest BCUT2D eigenvalue weighted by Crippen LogP contribution is -2.50. The Kier molecular flexibility index (Phi) is 9.40. The van der Waals surface area contributed by atoms with E-state index in [1.165, 1.54) is 0 Å². The Morgan fingerprint density at radius 1 is 1.16 bits per heavy atom. The second-order valence-electron chi connectivity index (χ2n) is 9.59. The van der Waals surface area contributed by atoms with Gasteiger partial charge in [0, 0.05) is 59.3 Å². The minimum Gasteiger partial charge on any atom is -0.444 e. The second kappa shape index (κ2) is 11.5. The molecule has 2 aliphatic rings. The SMILES string of the molecule is CN=C(NCC(C)CN(C)C(=O)OC(C)(C)C)N1CCC(C(=O)N2CCOCC2)CC1. The van der Waals surface area contributed by atoms with E-state index in [-0.39, 0.29) is 23.8 Å². The van der Waals surface area contributed by atoms with Crippen LogP contribution in [0.4, 0.5) is 4.79 Å². The molecule has 0 aromatic rings. The number of carbonyl (C=O) groups excluding carboxylic acids is 2. The minimum absolute atomic E-state index is 0.0915. The number of guanidine groups is 1. The third-order valence-corrected chi connectivity index (χ3v) is 5.58. The summed E-state index contributed by atoms with van der Waals surface area (Å²) in [6.45, 7) is 13.3. The number of nitrogens with one attached hydrogen (secondary N) is 1. The van der Waals surface area contributed by atoms with E-state index in [0.717, 1.165) is 31.9 Å². The zero-order valence-corrected chi connectivity index (χ0v) is 20.1. The number of hydrogen-bond donors (Lipinski definition) is 1. The Morgan fingerprint density at radius 2 is 1.77 bits per heavy atom. The molecule has 1 atom stereocenters. The molecule has 9 heteroatoms. The predicted octanol–water partition coefficient (Wildman–Crippen LogP) is 1.64. The molecule has 0 saturated carbocycles.